The minimum atomic E-state index is -0.309. The van der Waals surface area contributed by atoms with Gasteiger partial charge in [-0.1, -0.05) is 42.1 Å². The topological polar surface area (TPSA) is 78.3 Å². The molecule has 1 aliphatic heterocycles. The summed E-state index contributed by atoms with van der Waals surface area (Å²) in [5.41, 5.74) is 3.13. The van der Waals surface area contributed by atoms with E-state index in [9.17, 15) is 4.79 Å². The zero-order valence-electron chi connectivity index (χ0n) is 16.5. The molecule has 1 atom stereocenters. The van der Waals surface area contributed by atoms with Crippen molar-refractivity contribution in [2.24, 2.45) is 7.05 Å². The second-order valence-corrected chi connectivity index (χ2v) is 8.15. The number of thioether (sulfide) groups is 1. The molecule has 1 amide bonds. The fourth-order valence-electron chi connectivity index (χ4n) is 3.07. The lowest BCUT2D eigenvalue weighted by Gasteiger charge is -2.12. The number of hydrogen-bond donors (Lipinski definition) is 1. The smallest absolute Gasteiger partial charge is 0.233 e. The Morgan fingerprint density at radius 1 is 1.21 bits per heavy atom. The Morgan fingerprint density at radius 2 is 2.00 bits per heavy atom. The van der Waals surface area contributed by atoms with Crippen molar-refractivity contribution in [3.05, 3.63) is 53.6 Å². The summed E-state index contributed by atoms with van der Waals surface area (Å²) < 4.78 is 12.6. The molecule has 4 rings (SSSR count). The Bertz CT molecular complexity index is 1050. The summed E-state index contributed by atoms with van der Waals surface area (Å²) in [6.07, 6.45) is 0. The molecule has 2 heterocycles. The van der Waals surface area contributed by atoms with E-state index in [2.05, 4.69) is 15.5 Å². The number of carbonyl (C=O) groups excluding carboxylic acids is 1. The largest absolute Gasteiger partial charge is 0.454 e. The highest BCUT2D eigenvalue weighted by Gasteiger charge is 2.20. The summed E-state index contributed by atoms with van der Waals surface area (Å²) >= 11 is 1.39. The van der Waals surface area contributed by atoms with E-state index in [1.807, 2.05) is 67.9 Å². The van der Waals surface area contributed by atoms with Gasteiger partial charge in [-0.15, -0.1) is 10.2 Å². The van der Waals surface area contributed by atoms with E-state index in [-0.39, 0.29) is 18.0 Å². The summed E-state index contributed by atoms with van der Waals surface area (Å²) in [6, 6.07) is 13.7. The molecule has 3 aromatic rings. The number of nitrogens with zero attached hydrogens (tertiary/aromatic N) is 3. The number of fused-ring (bicyclic) bond motifs is 1. The molecule has 7 nitrogen and oxygen atoms in total. The molecule has 150 valence electrons. The molecule has 0 saturated carbocycles. The fraction of sp³-hybridized carbons (Fsp3) is 0.286. The van der Waals surface area contributed by atoms with Crippen molar-refractivity contribution in [2.45, 2.75) is 30.8 Å². The zero-order valence-corrected chi connectivity index (χ0v) is 17.3. The average Bonchev–Trinajstić information content (AvgIpc) is 3.33. The Morgan fingerprint density at radius 3 is 2.83 bits per heavy atom. The number of ether oxygens (including phenoxy) is 2. The third-order valence-electron chi connectivity index (χ3n) is 4.78. The van der Waals surface area contributed by atoms with E-state index in [0.29, 0.717) is 17.5 Å². The molecule has 0 spiro atoms. The van der Waals surface area contributed by atoms with Gasteiger partial charge >= 0.3 is 0 Å². The molecule has 0 saturated heterocycles. The van der Waals surface area contributed by atoms with Crippen molar-refractivity contribution >= 4 is 17.7 Å². The summed E-state index contributed by atoms with van der Waals surface area (Å²) in [5, 5.41) is 12.0. The first kappa shape index (κ1) is 19.3. The Labute approximate surface area is 173 Å². The van der Waals surface area contributed by atoms with Gasteiger partial charge in [0.1, 0.15) is 0 Å². The minimum Gasteiger partial charge on any atom is -0.454 e. The second-order valence-electron chi connectivity index (χ2n) is 6.85. The van der Waals surface area contributed by atoms with E-state index in [4.69, 9.17) is 9.47 Å². The molecule has 0 unspecified atom stereocenters. The second kappa shape index (κ2) is 8.16. The van der Waals surface area contributed by atoms with Crippen LogP contribution in [0.25, 0.3) is 11.4 Å². The number of nitrogens with one attached hydrogen (secondary N) is 1. The lowest BCUT2D eigenvalue weighted by Crippen LogP contribution is -2.30. The SMILES string of the molecule is Cc1ccccc1-c1nnc(S[C@H](C)C(=O)NCc2ccc3c(c2)OCO3)n1C. The van der Waals surface area contributed by atoms with Crippen molar-refractivity contribution < 1.29 is 14.3 Å². The van der Waals surface area contributed by atoms with Crippen molar-refractivity contribution in [3.63, 3.8) is 0 Å². The van der Waals surface area contributed by atoms with Crippen molar-refractivity contribution in [3.8, 4) is 22.9 Å². The van der Waals surface area contributed by atoms with Crippen molar-refractivity contribution in [1.82, 2.24) is 20.1 Å². The van der Waals surface area contributed by atoms with Crippen LogP contribution in [0.4, 0.5) is 0 Å². The van der Waals surface area contributed by atoms with Gasteiger partial charge in [0.25, 0.3) is 0 Å². The highest BCUT2D eigenvalue weighted by molar-refractivity contribution is 8.00. The van der Waals surface area contributed by atoms with Crippen LogP contribution in [0, 0.1) is 6.92 Å². The molecular weight excluding hydrogens is 388 g/mol. The first-order chi connectivity index (χ1) is 14.0. The number of aromatic nitrogens is 3. The summed E-state index contributed by atoms with van der Waals surface area (Å²) in [6.45, 7) is 4.57. The number of rotatable bonds is 6. The van der Waals surface area contributed by atoms with Crippen molar-refractivity contribution in [2.75, 3.05) is 6.79 Å². The van der Waals surface area contributed by atoms with Crippen LogP contribution in [0.1, 0.15) is 18.1 Å². The number of benzene rings is 2. The maximum Gasteiger partial charge on any atom is 0.233 e. The molecule has 0 aliphatic carbocycles. The van der Waals surface area contributed by atoms with Gasteiger partial charge in [0.2, 0.25) is 12.7 Å². The lowest BCUT2D eigenvalue weighted by atomic mass is 10.1. The van der Waals surface area contributed by atoms with Crippen LogP contribution in [0.3, 0.4) is 0 Å². The highest BCUT2D eigenvalue weighted by Crippen LogP contribution is 2.32. The summed E-state index contributed by atoms with van der Waals surface area (Å²) in [7, 11) is 1.92. The first-order valence-corrected chi connectivity index (χ1v) is 10.2. The van der Waals surface area contributed by atoms with Gasteiger partial charge in [-0.3, -0.25) is 4.79 Å². The molecule has 2 aromatic carbocycles. The van der Waals surface area contributed by atoms with Gasteiger partial charge in [0, 0.05) is 19.2 Å². The van der Waals surface area contributed by atoms with Gasteiger partial charge in [-0.2, -0.15) is 0 Å². The van der Waals surface area contributed by atoms with E-state index in [1.54, 1.807) is 0 Å². The monoisotopic (exact) mass is 410 g/mol. The third-order valence-corrected chi connectivity index (χ3v) is 5.91. The van der Waals surface area contributed by atoms with Gasteiger partial charge in [0.05, 0.1) is 5.25 Å². The highest BCUT2D eigenvalue weighted by atomic mass is 32.2. The van der Waals surface area contributed by atoms with Crippen LogP contribution in [-0.4, -0.2) is 32.7 Å². The molecule has 1 aromatic heterocycles. The molecule has 29 heavy (non-hydrogen) atoms. The van der Waals surface area contributed by atoms with Crippen molar-refractivity contribution in [1.29, 1.82) is 0 Å². The fourth-order valence-corrected chi connectivity index (χ4v) is 3.91. The molecule has 0 radical (unpaired) electrons. The third kappa shape index (κ3) is 4.07. The zero-order chi connectivity index (χ0) is 20.4. The summed E-state index contributed by atoms with van der Waals surface area (Å²) in [5.74, 6) is 2.17. The van der Waals surface area contributed by atoms with Crippen LogP contribution >= 0.6 is 11.8 Å². The maximum atomic E-state index is 12.6. The van der Waals surface area contributed by atoms with Crippen LogP contribution in [0.5, 0.6) is 11.5 Å². The molecule has 1 N–H and O–H groups in total. The van der Waals surface area contributed by atoms with Crippen LogP contribution in [0.2, 0.25) is 0 Å². The van der Waals surface area contributed by atoms with E-state index >= 15 is 0 Å². The molecule has 1 aliphatic rings. The summed E-state index contributed by atoms with van der Waals surface area (Å²) in [4.78, 5) is 12.6. The van der Waals surface area contributed by atoms with Gasteiger partial charge in [-0.05, 0) is 37.1 Å². The predicted molar refractivity (Wildman–Crippen MR) is 111 cm³/mol. The molecular formula is C21H22N4O3S. The number of hydrogen-bond acceptors (Lipinski definition) is 6. The molecule has 8 heteroatoms. The van der Waals surface area contributed by atoms with Gasteiger partial charge in [-0.25, -0.2) is 0 Å². The molecule has 0 bridgehead atoms. The normalized spacial score (nSPS) is 13.3. The van der Waals surface area contributed by atoms with E-state index in [0.717, 1.165) is 28.3 Å². The van der Waals surface area contributed by atoms with E-state index in [1.165, 1.54) is 11.8 Å². The number of carbonyl (C=O) groups is 1. The predicted octanol–water partition coefficient (Wildman–Crippen LogP) is 3.32. The van der Waals surface area contributed by atoms with Gasteiger partial charge in [0.15, 0.2) is 22.5 Å². The van der Waals surface area contributed by atoms with Crippen LogP contribution in [-0.2, 0) is 18.4 Å². The van der Waals surface area contributed by atoms with Crippen LogP contribution in [0.15, 0.2) is 47.6 Å². The Balaban J connectivity index is 1.38. The molecule has 0 fully saturated rings. The first-order valence-electron chi connectivity index (χ1n) is 9.31. The number of amides is 1. The Kier molecular flexibility index (Phi) is 5.44. The average molecular weight is 410 g/mol. The number of aryl methyl sites for hydroxylation is 1. The standard InChI is InChI=1S/C21H22N4O3S/c1-13-6-4-5-7-16(13)19-23-24-21(25(19)3)29-14(2)20(26)22-11-15-8-9-17-18(10-15)28-12-27-17/h4-10,14H,11-12H2,1-3H3,(H,22,26)/t14-/m1/s1. The Hall–Kier alpha value is -3.00. The minimum absolute atomic E-state index is 0.0619. The quantitative estimate of drug-likeness (QED) is 0.628. The lowest BCUT2D eigenvalue weighted by molar-refractivity contribution is -0.120. The van der Waals surface area contributed by atoms with Gasteiger partial charge < -0.3 is 19.4 Å². The maximum absolute atomic E-state index is 12.6. The van der Waals surface area contributed by atoms with E-state index < -0.39 is 0 Å². The van der Waals surface area contributed by atoms with Crippen LogP contribution < -0.4 is 14.8 Å².